The Labute approximate surface area is 134 Å². The third-order valence-electron chi connectivity index (χ3n) is 3.90. The van der Waals surface area contributed by atoms with Crippen LogP contribution in [0.15, 0.2) is 29.1 Å². The van der Waals surface area contributed by atoms with Crippen LogP contribution in [-0.2, 0) is 6.54 Å². The van der Waals surface area contributed by atoms with Crippen LogP contribution in [-0.4, -0.2) is 29.6 Å². The van der Waals surface area contributed by atoms with E-state index < -0.39 is 0 Å². The first-order valence-electron chi connectivity index (χ1n) is 7.94. The molecule has 0 radical (unpaired) electrons. The molecule has 3 rings (SSSR count). The number of hydrogen-bond acceptors (Lipinski definition) is 4. The maximum absolute atomic E-state index is 11.8. The number of H-pyrrole nitrogens is 1. The van der Waals surface area contributed by atoms with Crippen LogP contribution < -0.4 is 9.61 Å². The van der Waals surface area contributed by atoms with Crippen molar-refractivity contribution in [3.8, 4) is 17.0 Å². The molecule has 2 aromatic rings. The molecule has 2 heterocycles. The van der Waals surface area contributed by atoms with Gasteiger partial charge in [0, 0.05) is 11.4 Å². The number of nitrogens with one attached hydrogen (secondary N) is 1. The van der Waals surface area contributed by atoms with Gasteiger partial charge in [-0.05, 0) is 62.2 Å². The van der Waals surface area contributed by atoms with E-state index in [1.54, 1.807) is 0 Å². The normalized spacial score (nSPS) is 15.3. The molecule has 5 heteroatoms. The summed E-state index contributed by atoms with van der Waals surface area (Å²) in [4.78, 5) is 18.4. The minimum absolute atomic E-state index is 0.0236. The zero-order valence-corrected chi connectivity index (χ0v) is 13.7. The van der Waals surface area contributed by atoms with Crippen LogP contribution in [0.25, 0.3) is 11.3 Å². The fourth-order valence-corrected chi connectivity index (χ4v) is 3.68. The lowest BCUT2D eigenvalue weighted by molar-refractivity contribution is 0.317. The zero-order valence-electron chi connectivity index (χ0n) is 12.9. The Morgan fingerprint density at radius 2 is 1.95 bits per heavy atom. The standard InChI is InChI=1S/C17H22N2O2S/c1-2-11-21-14-7-5-13(6-8-14)16-15(22-17(20)18-16)12-19-9-3-4-10-19/h5-8H,2-4,9-12H2,1H3,(H,18,20). The molecule has 0 bridgehead atoms. The van der Waals surface area contributed by atoms with Gasteiger partial charge in [0.15, 0.2) is 0 Å². The van der Waals surface area contributed by atoms with Crippen molar-refractivity contribution in [3.63, 3.8) is 0 Å². The Morgan fingerprint density at radius 1 is 1.23 bits per heavy atom. The van der Waals surface area contributed by atoms with Gasteiger partial charge in [0.2, 0.25) is 0 Å². The largest absolute Gasteiger partial charge is 0.494 e. The highest BCUT2D eigenvalue weighted by atomic mass is 32.1. The van der Waals surface area contributed by atoms with Gasteiger partial charge in [-0.25, -0.2) is 0 Å². The van der Waals surface area contributed by atoms with Crippen molar-refractivity contribution < 1.29 is 4.74 Å². The number of benzene rings is 1. The molecular weight excluding hydrogens is 296 g/mol. The average Bonchev–Trinajstić information content (AvgIpc) is 3.16. The molecule has 1 aliphatic heterocycles. The monoisotopic (exact) mass is 318 g/mol. The van der Waals surface area contributed by atoms with E-state index in [1.165, 1.54) is 24.2 Å². The summed E-state index contributed by atoms with van der Waals surface area (Å²) in [6, 6.07) is 7.99. The molecule has 118 valence electrons. The van der Waals surface area contributed by atoms with Crippen LogP contribution in [0.1, 0.15) is 31.1 Å². The van der Waals surface area contributed by atoms with Gasteiger partial charge in [-0.15, -0.1) is 0 Å². The highest BCUT2D eigenvalue weighted by molar-refractivity contribution is 7.09. The Morgan fingerprint density at radius 3 is 2.64 bits per heavy atom. The molecule has 4 nitrogen and oxygen atoms in total. The van der Waals surface area contributed by atoms with Crippen molar-refractivity contribution in [2.75, 3.05) is 19.7 Å². The summed E-state index contributed by atoms with van der Waals surface area (Å²) in [5.41, 5.74) is 2.01. The number of nitrogens with zero attached hydrogens (tertiary/aromatic N) is 1. The summed E-state index contributed by atoms with van der Waals surface area (Å²) in [5, 5.41) is 0. The Hall–Kier alpha value is -1.59. The lowest BCUT2D eigenvalue weighted by Crippen LogP contribution is -2.18. The number of thiazole rings is 1. The van der Waals surface area contributed by atoms with Gasteiger partial charge in [0.1, 0.15) is 5.75 Å². The van der Waals surface area contributed by atoms with Gasteiger partial charge in [-0.2, -0.15) is 0 Å². The Kier molecular flexibility index (Phi) is 4.95. The van der Waals surface area contributed by atoms with E-state index in [2.05, 4.69) is 16.8 Å². The van der Waals surface area contributed by atoms with Crippen LogP contribution in [0.3, 0.4) is 0 Å². The van der Waals surface area contributed by atoms with Gasteiger partial charge in [0.25, 0.3) is 0 Å². The summed E-state index contributed by atoms with van der Waals surface area (Å²) < 4.78 is 5.61. The fourth-order valence-electron chi connectivity index (χ4n) is 2.79. The molecule has 1 fully saturated rings. The molecule has 0 spiro atoms. The third-order valence-corrected chi connectivity index (χ3v) is 4.77. The summed E-state index contributed by atoms with van der Waals surface area (Å²) in [7, 11) is 0. The van der Waals surface area contributed by atoms with Crippen molar-refractivity contribution in [2.24, 2.45) is 0 Å². The van der Waals surface area contributed by atoms with Crippen molar-refractivity contribution in [3.05, 3.63) is 38.8 Å². The van der Waals surface area contributed by atoms with Crippen LogP contribution in [0.2, 0.25) is 0 Å². The molecular formula is C17H22N2O2S. The average molecular weight is 318 g/mol. The molecule has 1 aliphatic rings. The summed E-state index contributed by atoms with van der Waals surface area (Å²) >= 11 is 1.33. The summed E-state index contributed by atoms with van der Waals surface area (Å²) in [6.07, 6.45) is 3.52. The SMILES string of the molecule is CCCOc1ccc(-c2[nH]c(=O)sc2CN2CCCC2)cc1. The first kappa shape index (κ1) is 15.3. The molecule has 0 amide bonds. The van der Waals surface area contributed by atoms with Gasteiger partial charge in [0.05, 0.1) is 12.3 Å². The lowest BCUT2D eigenvalue weighted by Gasteiger charge is -2.14. The number of aromatic amines is 1. The highest BCUT2D eigenvalue weighted by Crippen LogP contribution is 2.27. The van der Waals surface area contributed by atoms with Crippen molar-refractivity contribution in [2.45, 2.75) is 32.7 Å². The van der Waals surface area contributed by atoms with E-state index >= 15 is 0 Å². The summed E-state index contributed by atoms with van der Waals surface area (Å²) in [5.74, 6) is 0.879. The smallest absolute Gasteiger partial charge is 0.305 e. The van der Waals surface area contributed by atoms with Gasteiger partial charge in [-0.3, -0.25) is 9.69 Å². The maximum atomic E-state index is 11.8. The van der Waals surface area contributed by atoms with Crippen molar-refractivity contribution >= 4 is 11.3 Å². The minimum Gasteiger partial charge on any atom is -0.494 e. The highest BCUT2D eigenvalue weighted by Gasteiger charge is 2.17. The molecule has 0 saturated carbocycles. The second-order valence-electron chi connectivity index (χ2n) is 5.67. The topological polar surface area (TPSA) is 45.3 Å². The van der Waals surface area contributed by atoms with Gasteiger partial charge < -0.3 is 9.72 Å². The minimum atomic E-state index is 0.0236. The lowest BCUT2D eigenvalue weighted by atomic mass is 10.1. The van der Waals surface area contributed by atoms with Crippen molar-refractivity contribution in [1.82, 2.24) is 9.88 Å². The van der Waals surface area contributed by atoms with Gasteiger partial charge in [-0.1, -0.05) is 18.3 Å². The number of rotatable bonds is 6. The zero-order chi connectivity index (χ0) is 15.4. The van der Waals surface area contributed by atoms with Crippen LogP contribution in [0, 0.1) is 0 Å². The summed E-state index contributed by atoms with van der Waals surface area (Å²) in [6.45, 7) is 5.96. The number of likely N-dealkylation sites (tertiary alicyclic amines) is 1. The first-order valence-corrected chi connectivity index (χ1v) is 8.75. The molecule has 1 aromatic carbocycles. The number of hydrogen-bond donors (Lipinski definition) is 1. The van der Waals surface area contributed by atoms with E-state index in [4.69, 9.17) is 4.74 Å². The van der Waals surface area contributed by atoms with E-state index in [9.17, 15) is 4.79 Å². The molecule has 1 N–H and O–H groups in total. The fraction of sp³-hybridized carbons (Fsp3) is 0.471. The van der Waals surface area contributed by atoms with Crippen molar-refractivity contribution in [1.29, 1.82) is 0 Å². The molecule has 0 atom stereocenters. The molecule has 1 aromatic heterocycles. The van der Waals surface area contributed by atoms with E-state index in [0.717, 1.165) is 54.5 Å². The number of ether oxygens (including phenoxy) is 1. The Bertz CT molecular complexity index is 654. The predicted octanol–water partition coefficient (Wildman–Crippen LogP) is 3.49. The predicted molar refractivity (Wildman–Crippen MR) is 90.7 cm³/mol. The molecule has 22 heavy (non-hydrogen) atoms. The second-order valence-corrected chi connectivity index (χ2v) is 6.74. The van der Waals surface area contributed by atoms with E-state index in [1.807, 2.05) is 24.3 Å². The van der Waals surface area contributed by atoms with Crippen LogP contribution >= 0.6 is 11.3 Å². The number of aromatic nitrogens is 1. The van der Waals surface area contributed by atoms with Gasteiger partial charge >= 0.3 is 4.87 Å². The molecule has 1 saturated heterocycles. The molecule has 0 aliphatic carbocycles. The Balaban J connectivity index is 1.79. The van der Waals surface area contributed by atoms with Crippen LogP contribution in [0.4, 0.5) is 0 Å². The maximum Gasteiger partial charge on any atom is 0.305 e. The van der Waals surface area contributed by atoms with E-state index in [0.29, 0.717) is 0 Å². The van der Waals surface area contributed by atoms with Crippen LogP contribution in [0.5, 0.6) is 5.75 Å². The first-order chi connectivity index (χ1) is 10.8. The quantitative estimate of drug-likeness (QED) is 0.887. The second kappa shape index (κ2) is 7.11. The molecule has 0 unspecified atom stereocenters. The third kappa shape index (κ3) is 3.59. The van der Waals surface area contributed by atoms with E-state index in [-0.39, 0.29) is 4.87 Å².